The molecule has 0 spiro atoms. The molecule has 1 aliphatic rings. The van der Waals surface area contributed by atoms with Gasteiger partial charge in [-0.2, -0.15) is 4.31 Å². The molecule has 1 N–H and O–H groups in total. The number of sulfonamides is 1. The highest BCUT2D eigenvalue weighted by Crippen LogP contribution is 2.30. The summed E-state index contributed by atoms with van der Waals surface area (Å²) in [5.41, 5.74) is 1.48. The van der Waals surface area contributed by atoms with Gasteiger partial charge in [0, 0.05) is 12.6 Å². The Labute approximate surface area is 127 Å². The number of hydrogen-bond donors (Lipinski definition) is 1. The van der Waals surface area contributed by atoms with Crippen molar-refractivity contribution in [2.75, 3.05) is 6.54 Å². The van der Waals surface area contributed by atoms with Crippen LogP contribution >= 0.6 is 0 Å². The molecule has 21 heavy (non-hydrogen) atoms. The van der Waals surface area contributed by atoms with E-state index in [9.17, 15) is 8.42 Å². The molecule has 0 aromatic heterocycles. The first-order valence-electron chi connectivity index (χ1n) is 7.51. The van der Waals surface area contributed by atoms with Crippen LogP contribution in [0.15, 0.2) is 24.3 Å². The number of benzene rings is 1. The van der Waals surface area contributed by atoms with Crippen LogP contribution in [0.5, 0.6) is 0 Å². The van der Waals surface area contributed by atoms with Crippen LogP contribution in [0, 0.1) is 11.8 Å². The lowest BCUT2D eigenvalue weighted by atomic mass is 9.88. The largest absolute Gasteiger partial charge is 0.392 e. The highest BCUT2D eigenvalue weighted by atomic mass is 32.2. The summed E-state index contributed by atoms with van der Waals surface area (Å²) in [4.78, 5) is 0. The first kappa shape index (κ1) is 16.5. The van der Waals surface area contributed by atoms with Crippen molar-refractivity contribution in [3.63, 3.8) is 0 Å². The van der Waals surface area contributed by atoms with Gasteiger partial charge in [-0.15, -0.1) is 0 Å². The minimum atomic E-state index is -3.32. The SMILES string of the molecule is CC1CC(C)C(C)N(S(=O)(=O)Cc2cccc(CO)c2)C1. The van der Waals surface area contributed by atoms with E-state index in [0.29, 0.717) is 18.4 Å². The maximum Gasteiger partial charge on any atom is 0.218 e. The summed E-state index contributed by atoms with van der Waals surface area (Å²) in [5, 5.41) is 9.16. The van der Waals surface area contributed by atoms with Crippen molar-refractivity contribution in [1.29, 1.82) is 0 Å². The van der Waals surface area contributed by atoms with Crippen LogP contribution in [-0.2, 0) is 22.4 Å². The van der Waals surface area contributed by atoms with Gasteiger partial charge >= 0.3 is 0 Å². The Morgan fingerprint density at radius 1 is 1.24 bits per heavy atom. The van der Waals surface area contributed by atoms with Gasteiger partial charge in [0.1, 0.15) is 0 Å². The number of rotatable bonds is 4. The predicted octanol–water partition coefficient (Wildman–Crippen LogP) is 2.38. The summed E-state index contributed by atoms with van der Waals surface area (Å²) >= 11 is 0. The summed E-state index contributed by atoms with van der Waals surface area (Å²) in [6, 6.07) is 7.20. The maximum absolute atomic E-state index is 12.7. The molecule has 0 bridgehead atoms. The molecule has 1 heterocycles. The van der Waals surface area contributed by atoms with Gasteiger partial charge in [0.25, 0.3) is 0 Å². The summed E-state index contributed by atoms with van der Waals surface area (Å²) in [7, 11) is -3.32. The molecular weight excluding hydrogens is 286 g/mol. The zero-order valence-electron chi connectivity index (χ0n) is 13.0. The molecule has 1 aromatic carbocycles. The lowest BCUT2D eigenvalue weighted by Gasteiger charge is -2.40. The molecule has 3 atom stereocenters. The average molecular weight is 311 g/mol. The second-order valence-electron chi connectivity index (χ2n) is 6.36. The van der Waals surface area contributed by atoms with Crippen molar-refractivity contribution in [3.05, 3.63) is 35.4 Å². The van der Waals surface area contributed by atoms with Gasteiger partial charge in [-0.05, 0) is 36.3 Å². The fourth-order valence-corrected chi connectivity index (χ4v) is 5.10. The Morgan fingerprint density at radius 3 is 2.57 bits per heavy atom. The Hall–Kier alpha value is -0.910. The van der Waals surface area contributed by atoms with Crippen LogP contribution in [0.25, 0.3) is 0 Å². The number of nitrogens with zero attached hydrogens (tertiary/aromatic N) is 1. The third-order valence-electron chi connectivity index (χ3n) is 4.42. The minimum absolute atomic E-state index is 0.00458. The summed E-state index contributed by atoms with van der Waals surface area (Å²) in [6.07, 6.45) is 1.08. The van der Waals surface area contributed by atoms with E-state index in [-0.39, 0.29) is 18.4 Å². The lowest BCUT2D eigenvalue weighted by molar-refractivity contribution is 0.157. The Morgan fingerprint density at radius 2 is 1.90 bits per heavy atom. The van der Waals surface area contributed by atoms with Crippen LogP contribution in [0.4, 0.5) is 0 Å². The zero-order valence-corrected chi connectivity index (χ0v) is 13.8. The number of piperidine rings is 1. The molecule has 1 saturated heterocycles. The highest BCUT2D eigenvalue weighted by Gasteiger charge is 2.36. The van der Waals surface area contributed by atoms with Crippen LogP contribution in [-0.4, -0.2) is 30.4 Å². The normalized spacial score (nSPS) is 27.7. The standard InChI is InChI=1S/C16H25NO3S/c1-12-7-13(2)14(3)17(9-12)21(19,20)11-16-6-4-5-15(8-16)10-18/h4-6,8,12-14,18H,7,9-11H2,1-3H3. The van der Waals surface area contributed by atoms with E-state index in [0.717, 1.165) is 17.5 Å². The van der Waals surface area contributed by atoms with Crippen molar-refractivity contribution in [3.8, 4) is 0 Å². The molecule has 2 rings (SSSR count). The fraction of sp³-hybridized carbons (Fsp3) is 0.625. The van der Waals surface area contributed by atoms with E-state index in [2.05, 4.69) is 13.8 Å². The Kier molecular flexibility index (Phi) is 5.07. The molecule has 118 valence electrons. The molecule has 0 aliphatic carbocycles. The molecular formula is C16H25NO3S. The third kappa shape index (κ3) is 3.84. The maximum atomic E-state index is 12.7. The number of aliphatic hydroxyl groups excluding tert-OH is 1. The number of aliphatic hydroxyl groups is 1. The zero-order chi connectivity index (χ0) is 15.6. The smallest absolute Gasteiger partial charge is 0.218 e. The average Bonchev–Trinajstić information content (AvgIpc) is 2.42. The van der Waals surface area contributed by atoms with Crippen molar-refractivity contribution >= 4 is 10.0 Å². The van der Waals surface area contributed by atoms with Crippen molar-refractivity contribution in [2.24, 2.45) is 11.8 Å². The molecule has 3 unspecified atom stereocenters. The van der Waals surface area contributed by atoms with Gasteiger partial charge in [-0.1, -0.05) is 38.1 Å². The molecule has 0 amide bonds. The molecule has 4 nitrogen and oxygen atoms in total. The van der Waals surface area contributed by atoms with Gasteiger partial charge in [-0.25, -0.2) is 8.42 Å². The first-order valence-corrected chi connectivity index (χ1v) is 9.12. The molecule has 0 radical (unpaired) electrons. The second-order valence-corrected chi connectivity index (χ2v) is 8.28. The monoisotopic (exact) mass is 311 g/mol. The van der Waals surface area contributed by atoms with Crippen molar-refractivity contribution in [2.45, 2.75) is 45.6 Å². The Balaban J connectivity index is 2.20. The van der Waals surface area contributed by atoms with Gasteiger partial charge < -0.3 is 5.11 Å². The molecule has 0 saturated carbocycles. The minimum Gasteiger partial charge on any atom is -0.392 e. The van der Waals surface area contributed by atoms with Crippen LogP contribution in [0.3, 0.4) is 0 Å². The lowest BCUT2D eigenvalue weighted by Crippen LogP contribution is -2.49. The van der Waals surface area contributed by atoms with E-state index in [1.807, 2.05) is 6.92 Å². The topological polar surface area (TPSA) is 57.6 Å². The van der Waals surface area contributed by atoms with Gasteiger partial charge in [-0.3, -0.25) is 0 Å². The van der Waals surface area contributed by atoms with Crippen molar-refractivity contribution in [1.82, 2.24) is 4.31 Å². The highest BCUT2D eigenvalue weighted by molar-refractivity contribution is 7.88. The van der Waals surface area contributed by atoms with E-state index in [1.165, 1.54) is 0 Å². The van der Waals surface area contributed by atoms with E-state index in [4.69, 9.17) is 5.11 Å². The first-order chi connectivity index (χ1) is 9.83. The van der Waals surface area contributed by atoms with Crippen LogP contribution in [0.2, 0.25) is 0 Å². The fourth-order valence-electron chi connectivity index (χ4n) is 3.14. The van der Waals surface area contributed by atoms with E-state index >= 15 is 0 Å². The summed E-state index contributed by atoms with van der Waals surface area (Å²) in [6.45, 7) is 6.76. The third-order valence-corrected chi connectivity index (χ3v) is 6.32. The Bertz CT molecular complexity index is 585. The van der Waals surface area contributed by atoms with Crippen LogP contribution < -0.4 is 0 Å². The van der Waals surface area contributed by atoms with Crippen LogP contribution in [0.1, 0.15) is 38.3 Å². The van der Waals surface area contributed by atoms with Gasteiger partial charge in [0.15, 0.2) is 0 Å². The molecule has 5 heteroatoms. The quantitative estimate of drug-likeness (QED) is 0.929. The van der Waals surface area contributed by atoms with Gasteiger partial charge in [0.05, 0.1) is 12.4 Å². The molecule has 1 fully saturated rings. The van der Waals surface area contributed by atoms with Gasteiger partial charge in [0.2, 0.25) is 10.0 Å². The summed E-state index contributed by atoms with van der Waals surface area (Å²) < 4.78 is 27.1. The summed E-state index contributed by atoms with van der Waals surface area (Å²) in [5.74, 6) is 0.784. The van der Waals surface area contributed by atoms with E-state index in [1.54, 1.807) is 28.6 Å². The van der Waals surface area contributed by atoms with E-state index < -0.39 is 10.0 Å². The van der Waals surface area contributed by atoms with Crippen molar-refractivity contribution < 1.29 is 13.5 Å². The number of hydrogen-bond acceptors (Lipinski definition) is 3. The molecule has 1 aromatic rings. The molecule has 1 aliphatic heterocycles. The second kappa shape index (κ2) is 6.46. The predicted molar refractivity (Wildman–Crippen MR) is 84.1 cm³/mol.